The van der Waals surface area contributed by atoms with Gasteiger partial charge in [0.1, 0.15) is 12.4 Å². The predicted octanol–water partition coefficient (Wildman–Crippen LogP) is 10.7. The average Bonchev–Trinajstić information content (AvgIpc) is 4.13. The fourth-order valence-corrected chi connectivity index (χ4v) is 13.1. The number of carbonyl (C=O) groups excluding carboxylic acids is 1. The van der Waals surface area contributed by atoms with Crippen molar-refractivity contribution in [3.8, 4) is 5.75 Å². The summed E-state index contributed by atoms with van der Waals surface area (Å²) < 4.78 is 72.9. The standard InChI is InChI=1S/C56H84O12/c1-15-54(49-34(3)29-43(63-49)46-33(2)28-35(4)56(66-46)32-62-51(67-56)40-18-22-42(58-12)23-19-40)25-24-45(64-54)53(11)26-27-55(68-53)30-44(61-31-39-16-20-41(21-17-39)52(8,9)10)36(5)48(65-55)37(6)47(59-13)38(7)50(57)60-14/h16-23,33-38,43-49,51H,15,24-32H2,1-14H3/t33-,34-,35+,36+,37-,38-,43+,44-,45+,46-,47+,48-,49+,51?,53-,54-,55+,56+/m0/s1. The van der Waals surface area contributed by atoms with Crippen LogP contribution in [0.5, 0.6) is 5.75 Å². The highest BCUT2D eigenvalue weighted by atomic mass is 16.8. The molecule has 0 aromatic heterocycles. The fourth-order valence-electron chi connectivity index (χ4n) is 13.1. The zero-order valence-corrected chi connectivity index (χ0v) is 43.7. The van der Waals surface area contributed by atoms with E-state index in [2.05, 4.69) is 93.5 Å². The molecule has 2 spiro atoms. The molecule has 0 amide bonds. The minimum absolute atomic E-state index is 0.0107. The maximum atomic E-state index is 12.9. The van der Waals surface area contributed by atoms with Crippen LogP contribution in [0.2, 0.25) is 0 Å². The van der Waals surface area contributed by atoms with Gasteiger partial charge in [0.25, 0.3) is 0 Å². The van der Waals surface area contributed by atoms with Gasteiger partial charge in [-0.3, -0.25) is 4.79 Å². The van der Waals surface area contributed by atoms with Gasteiger partial charge in [-0.1, -0.05) is 98.7 Å². The lowest BCUT2D eigenvalue weighted by Gasteiger charge is -2.50. The first kappa shape index (κ1) is 51.7. The molecule has 6 fully saturated rings. The Morgan fingerprint density at radius 2 is 1.59 bits per heavy atom. The summed E-state index contributed by atoms with van der Waals surface area (Å²) in [5.41, 5.74) is 2.34. The molecule has 6 aliphatic heterocycles. The molecule has 0 radical (unpaired) electrons. The van der Waals surface area contributed by atoms with Crippen molar-refractivity contribution in [2.24, 2.45) is 35.5 Å². The maximum Gasteiger partial charge on any atom is 0.311 e. The lowest BCUT2D eigenvalue weighted by atomic mass is 9.78. The molecule has 12 nitrogen and oxygen atoms in total. The van der Waals surface area contributed by atoms with Crippen LogP contribution in [0.25, 0.3) is 0 Å². The number of hydrogen-bond acceptors (Lipinski definition) is 12. The molecule has 68 heavy (non-hydrogen) atoms. The summed E-state index contributed by atoms with van der Waals surface area (Å²) in [5, 5.41) is 0. The summed E-state index contributed by atoms with van der Waals surface area (Å²) in [6.45, 7) is 25.0. The summed E-state index contributed by atoms with van der Waals surface area (Å²) in [4.78, 5) is 12.9. The highest BCUT2D eigenvalue weighted by Crippen LogP contribution is 2.56. The molecule has 6 aliphatic rings. The van der Waals surface area contributed by atoms with Crippen LogP contribution in [0.1, 0.15) is 151 Å². The normalized spacial score (nSPS) is 41.0. The van der Waals surface area contributed by atoms with Gasteiger partial charge in [-0.05, 0) is 92.9 Å². The Morgan fingerprint density at radius 3 is 2.24 bits per heavy atom. The van der Waals surface area contributed by atoms with Gasteiger partial charge in [0, 0.05) is 43.3 Å². The van der Waals surface area contributed by atoms with E-state index in [9.17, 15) is 4.79 Å². The summed E-state index contributed by atoms with van der Waals surface area (Å²) >= 11 is 0. The Kier molecular flexibility index (Phi) is 15.3. The summed E-state index contributed by atoms with van der Waals surface area (Å²) in [6, 6.07) is 16.6. The molecule has 380 valence electrons. The molecule has 0 bridgehead atoms. The topological polar surface area (TPSA) is 119 Å². The molecule has 12 heteroatoms. The fraction of sp³-hybridized carbons (Fsp3) is 0.768. The minimum atomic E-state index is -0.906. The van der Waals surface area contributed by atoms with Crippen LogP contribution in [0.15, 0.2) is 48.5 Å². The predicted molar refractivity (Wildman–Crippen MR) is 258 cm³/mol. The smallest absolute Gasteiger partial charge is 0.311 e. The van der Waals surface area contributed by atoms with Crippen molar-refractivity contribution < 1.29 is 56.9 Å². The summed E-state index contributed by atoms with van der Waals surface area (Å²) in [5.74, 6) is -1.25. The minimum Gasteiger partial charge on any atom is -0.497 e. The Balaban J connectivity index is 0.969. The van der Waals surface area contributed by atoms with Gasteiger partial charge in [-0.15, -0.1) is 0 Å². The molecule has 1 unspecified atom stereocenters. The van der Waals surface area contributed by atoms with Crippen molar-refractivity contribution in [2.75, 3.05) is 27.9 Å². The molecular weight excluding hydrogens is 865 g/mol. The lowest BCUT2D eigenvalue weighted by Crippen LogP contribution is -2.57. The van der Waals surface area contributed by atoms with Gasteiger partial charge in [-0.25, -0.2) is 0 Å². The third-order valence-electron chi connectivity index (χ3n) is 17.4. The van der Waals surface area contributed by atoms with Gasteiger partial charge in [0.2, 0.25) is 0 Å². The molecule has 0 N–H and O–H groups in total. The Hall–Kier alpha value is -2.65. The van der Waals surface area contributed by atoms with Crippen LogP contribution in [0.3, 0.4) is 0 Å². The van der Waals surface area contributed by atoms with E-state index in [0.29, 0.717) is 26.1 Å². The largest absolute Gasteiger partial charge is 0.497 e. The number of hydrogen-bond donors (Lipinski definition) is 0. The van der Waals surface area contributed by atoms with Crippen molar-refractivity contribution in [3.63, 3.8) is 0 Å². The van der Waals surface area contributed by atoms with E-state index >= 15 is 0 Å². The van der Waals surface area contributed by atoms with E-state index in [0.717, 1.165) is 55.4 Å². The molecule has 2 aromatic carbocycles. The highest BCUT2D eigenvalue weighted by Gasteiger charge is 2.63. The third-order valence-corrected chi connectivity index (χ3v) is 17.4. The number of esters is 1. The second-order valence-electron chi connectivity index (χ2n) is 23.1. The van der Waals surface area contributed by atoms with Crippen LogP contribution >= 0.6 is 0 Å². The molecule has 8 rings (SSSR count). The monoisotopic (exact) mass is 949 g/mol. The van der Waals surface area contributed by atoms with Gasteiger partial charge >= 0.3 is 5.97 Å². The first-order chi connectivity index (χ1) is 32.2. The third kappa shape index (κ3) is 9.95. The summed E-state index contributed by atoms with van der Waals surface area (Å²) in [7, 11) is 4.75. The zero-order valence-electron chi connectivity index (χ0n) is 43.7. The van der Waals surface area contributed by atoms with E-state index in [-0.39, 0.29) is 77.6 Å². The molecule has 6 heterocycles. The number of ether oxygens (including phenoxy) is 11. The first-order valence-corrected chi connectivity index (χ1v) is 25.9. The molecular formula is C56H84O12. The van der Waals surface area contributed by atoms with Crippen molar-refractivity contribution in [3.05, 3.63) is 65.2 Å². The van der Waals surface area contributed by atoms with E-state index in [1.165, 1.54) is 12.7 Å². The maximum absolute atomic E-state index is 12.9. The summed E-state index contributed by atoms with van der Waals surface area (Å²) in [6.07, 6.45) is 4.50. The van der Waals surface area contributed by atoms with Crippen LogP contribution in [0, 0.1) is 35.5 Å². The van der Waals surface area contributed by atoms with E-state index in [1.54, 1.807) is 14.2 Å². The quantitative estimate of drug-likeness (QED) is 0.168. The van der Waals surface area contributed by atoms with Gasteiger partial charge < -0.3 is 52.1 Å². The van der Waals surface area contributed by atoms with Gasteiger partial charge in [0.05, 0.1) is 80.7 Å². The first-order valence-electron chi connectivity index (χ1n) is 25.9. The second kappa shape index (κ2) is 20.1. The van der Waals surface area contributed by atoms with Crippen molar-refractivity contribution in [2.45, 2.75) is 211 Å². The Morgan fingerprint density at radius 1 is 0.868 bits per heavy atom. The van der Waals surface area contributed by atoms with E-state index in [1.807, 2.05) is 31.2 Å². The number of benzene rings is 2. The molecule has 18 atom stereocenters. The van der Waals surface area contributed by atoms with Crippen molar-refractivity contribution in [1.82, 2.24) is 0 Å². The van der Waals surface area contributed by atoms with Crippen LogP contribution in [0.4, 0.5) is 0 Å². The average molecular weight is 949 g/mol. The SMILES string of the molecule is CC[C@@]1([C@@H]2O[C@@H]([C@H]3O[C@@]4(COC(c5ccc(OC)cc5)O4)[C@H](C)C[C@@H]3C)C[C@@H]2C)CC[C@H]([C@]2(C)CC[C@]3(C[C@H](OCc4ccc(C(C)(C)C)cc4)[C@@H](C)[C@@H]([C@@H](C)[C@@H](OC)[C@H](C)C(=O)OC)O3)O2)O1. The number of methoxy groups -OCH3 is 3. The van der Waals surface area contributed by atoms with Crippen LogP contribution in [-0.4, -0.2) is 99.4 Å². The second-order valence-corrected chi connectivity index (χ2v) is 23.1. The van der Waals surface area contributed by atoms with Gasteiger partial charge in [0.15, 0.2) is 17.9 Å². The lowest BCUT2D eigenvalue weighted by molar-refractivity contribution is -0.339. The highest BCUT2D eigenvalue weighted by molar-refractivity contribution is 5.72. The van der Waals surface area contributed by atoms with E-state index < -0.39 is 41.1 Å². The molecule has 6 saturated heterocycles. The number of rotatable bonds is 14. The van der Waals surface area contributed by atoms with Crippen molar-refractivity contribution >= 4 is 5.97 Å². The Labute approximate surface area is 407 Å². The zero-order chi connectivity index (χ0) is 49.0. The Bertz CT molecular complexity index is 2000. The van der Waals surface area contributed by atoms with E-state index in [4.69, 9.17) is 52.1 Å². The molecule has 0 aliphatic carbocycles. The molecule has 0 saturated carbocycles. The van der Waals surface area contributed by atoms with Crippen LogP contribution < -0.4 is 4.74 Å². The van der Waals surface area contributed by atoms with Gasteiger partial charge in [-0.2, -0.15) is 0 Å². The number of carbonyl (C=O) groups is 1. The molecule has 2 aromatic rings. The van der Waals surface area contributed by atoms with Crippen molar-refractivity contribution in [1.29, 1.82) is 0 Å². The van der Waals surface area contributed by atoms with Crippen LogP contribution in [-0.2, 0) is 64.2 Å².